The van der Waals surface area contributed by atoms with E-state index in [9.17, 15) is 18.0 Å². The van der Waals surface area contributed by atoms with Gasteiger partial charge in [-0.2, -0.15) is 4.31 Å². The predicted octanol–water partition coefficient (Wildman–Crippen LogP) is 3.01. The topological polar surface area (TPSA) is 93.2 Å². The van der Waals surface area contributed by atoms with Crippen LogP contribution in [-0.2, 0) is 26.1 Å². The van der Waals surface area contributed by atoms with Crippen LogP contribution in [0.4, 0.5) is 0 Å². The number of likely N-dealkylation sites (N-methyl/N-ethyl adjacent to an activating group) is 1. The lowest BCUT2D eigenvalue weighted by Crippen LogP contribution is -2.30. The number of hydrogen-bond donors (Lipinski definition) is 0. The van der Waals surface area contributed by atoms with Gasteiger partial charge in [-0.3, -0.25) is 4.79 Å². The minimum Gasteiger partial charge on any atom is -0.495 e. The van der Waals surface area contributed by atoms with Crippen LogP contribution in [0, 0.1) is 0 Å². The number of ether oxygens (including phenoxy) is 2. The van der Waals surface area contributed by atoms with Crippen molar-refractivity contribution in [1.29, 1.82) is 0 Å². The van der Waals surface area contributed by atoms with Gasteiger partial charge in [-0.15, -0.1) is 11.3 Å². The number of benzene rings is 1. The molecule has 0 bridgehead atoms. The average molecular weight is 487 g/mol. The van der Waals surface area contributed by atoms with Crippen molar-refractivity contribution in [3.63, 3.8) is 0 Å². The van der Waals surface area contributed by atoms with Crippen LogP contribution < -0.4 is 4.74 Å². The Hall–Kier alpha value is -2.14. The fraction of sp³-hybridized carbons (Fsp3) is 0.400. The number of sulfonamides is 1. The van der Waals surface area contributed by atoms with Crippen molar-refractivity contribution in [2.24, 2.45) is 0 Å². The van der Waals surface area contributed by atoms with Gasteiger partial charge < -0.3 is 14.4 Å². The summed E-state index contributed by atoms with van der Waals surface area (Å²) in [6, 6.07) is 7.62. The van der Waals surface area contributed by atoms with E-state index in [1.807, 2.05) is 6.07 Å². The number of carbonyl (C=O) groups is 2. The molecular weight excluding hydrogens is 464 g/mol. The van der Waals surface area contributed by atoms with Crippen LogP contribution in [-0.4, -0.2) is 63.4 Å². The monoisotopic (exact) mass is 486 g/mol. The molecule has 1 fully saturated rings. The van der Waals surface area contributed by atoms with Gasteiger partial charge in [0, 0.05) is 25.0 Å². The summed E-state index contributed by atoms with van der Waals surface area (Å²) >= 11 is 7.26. The highest BCUT2D eigenvalue weighted by molar-refractivity contribution is 7.89. The molecule has 1 aliphatic rings. The number of halogens is 1. The third kappa shape index (κ3) is 5.57. The van der Waals surface area contributed by atoms with Crippen molar-refractivity contribution in [3.05, 3.63) is 45.1 Å². The Kier molecular flexibility index (Phi) is 7.58. The molecule has 0 aliphatic carbocycles. The molecule has 0 atom stereocenters. The number of nitrogens with zero attached hydrogens (tertiary/aromatic N) is 2. The van der Waals surface area contributed by atoms with Crippen LogP contribution in [0.25, 0.3) is 0 Å². The molecule has 2 heterocycles. The third-order valence-corrected chi connectivity index (χ3v) is 7.99. The van der Waals surface area contributed by atoms with Gasteiger partial charge in [0.1, 0.15) is 10.6 Å². The Labute approximate surface area is 190 Å². The van der Waals surface area contributed by atoms with E-state index < -0.39 is 28.5 Å². The molecular formula is C20H23ClN2O6S2. The molecule has 0 saturated carbocycles. The molecule has 2 aromatic rings. The maximum Gasteiger partial charge on any atom is 0.338 e. The highest BCUT2D eigenvalue weighted by Gasteiger charge is 2.31. The highest BCUT2D eigenvalue weighted by Crippen LogP contribution is 2.30. The van der Waals surface area contributed by atoms with Crippen LogP contribution in [0.1, 0.15) is 28.1 Å². The maximum absolute atomic E-state index is 12.9. The van der Waals surface area contributed by atoms with Gasteiger partial charge in [0.25, 0.3) is 5.91 Å². The molecule has 0 N–H and O–H groups in total. The summed E-state index contributed by atoms with van der Waals surface area (Å²) in [7, 11) is -0.837. The van der Waals surface area contributed by atoms with E-state index >= 15 is 0 Å². The zero-order valence-corrected chi connectivity index (χ0v) is 19.6. The summed E-state index contributed by atoms with van der Waals surface area (Å²) in [5.74, 6) is -1.04. The second-order valence-electron chi connectivity index (χ2n) is 7.01. The van der Waals surface area contributed by atoms with E-state index in [-0.39, 0.29) is 16.2 Å². The fourth-order valence-electron chi connectivity index (χ4n) is 3.15. The molecule has 0 unspecified atom stereocenters. The Balaban J connectivity index is 1.68. The first-order chi connectivity index (χ1) is 14.7. The van der Waals surface area contributed by atoms with Crippen LogP contribution in [0.3, 0.4) is 0 Å². The summed E-state index contributed by atoms with van der Waals surface area (Å²) in [6.07, 6.45) is 1.58. The predicted molar refractivity (Wildman–Crippen MR) is 117 cm³/mol. The SMILES string of the molecule is COc1ccc(C(=O)OCC(=O)N(C)Cc2ccc(Cl)s2)cc1S(=O)(=O)N1CCCC1. The Morgan fingerprint density at radius 3 is 2.52 bits per heavy atom. The van der Waals surface area contributed by atoms with Gasteiger partial charge >= 0.3 is 5.97 Å². The molecule has 0 radical (unpaired) electrons. The number of esters is 1. The normalized spacial score (nSPS) is 14.4. The van der Waals surface area contributed by atoms with Gasteiger partial charge in [0.15, 0.2) is 6.61 Å². The molecule has 1 amide bonds. The number of hydrogen-bond acceptors (Lipinski definition) is 7. The molecule has 1 aliphatic heterocycles. The number of amides is 1. The van der Waals surface area contributed by atoms with Gasteiger partial charge in [-0.25, -0.2) is 13.2 Å². The quantitative estimate of drug-likeness (QED) is 0.532. The van der Waals surface area contributed by atoms with Gasteiger partial charge in [0.05, 0.1) is 23.6 Å². The summed E-state index contributed by atoms with van der Waals surface area (Å²) in [5.41, 5.74) is 0.0269. The summed E-state index contributed by atoms with van der Waals surface area (Å²) in [6.45, 7) is 0.732. The zero-order valence-electron chi connectivity index (χ0n) is 17.2. The van der Waals surface area contributed by atoms with Crippen LogP contribution >= 0.6 is 22.9 Å². The summed E-state index contributed by atoms with van der Waals surface area (Å²) in [4.78, 5) is 27.0. The Morgan fingerprint density at radius 1 is 1.19 bits per heavy atom. The van der Waals surface area contributed by atoms with Gasteiger partial charge in [-0.05, 0) is 43.2 Å². The largest absolute Gasteiger partial charge is 0.495 e. The Bertz CT molecular complexity index is 1060. The first-order valence-corrected chi connectivity index (χ1v) is 12.2. The van der Waals surface area contributed by atoms with E-state index in [0.717, 1.165) is 17.7 Å². The second kappa shape index (κ2) is 9.99. The Morgan fingerprint density at radius 2 is 1.90 bits per heavy atom. The van der Waals surface area contributed by atoms with Crippen molar-refractivity contribution in [1.82, 2.24) is 9.21 Å². The minimum absolute atomic E-state index is 0.0269. The van der Waals surface area contributed by atoms with E-state index in [2.05, 4.69) is 0 Å². The van der Waals surface area contributed by atoms with Crippen molar-refractivity contribution >= 4 is 44.8 Å². The van der Waals surface area contributed by atoms with E-state index in [1.54, 1.807) is 13.1 Å². The molecule has 1 aromatic carbocycles. The van der Waals surface area contributed by atoms with Crippen LogP contribution in [0.5, 0.6) is 5.75 Å². The zero-order chi connectivity index (χ0) is 22.6. The molecule has 8 nitrogen and oxygen atoms in total. The molecule has 3 rings (SSSR count). The second-order valence-corrected chi connectivity index (χ2v) is 10.7. The van der Waals surface area contributed by atoms with Gasteiger partial charge in [-0.1, -0.05) is 11.6 Å². The first kappa shape index (κ1) is 23.5. The number of methoxy groups -OCH3 is 1. The number of carbonyl (C=O) groups excluding carboxylic acids is 2. The number of thiophene rings is 1. The van der Waals surface area contributed by atoms with Crippen molar-refractivity contribution in [2.75, 3.05) is 33.9 Å². The smallest absolute Gasteiger partial charge is 0.338 e. The number of rotatable bonds is 8. The lowest BCUT2D eigenvalue weighted by molar-refractivity contribution is -0.133. The third-order valence-electron chi connectivity index (χ3n) is 4.86. The van der Waals surface area contributed by atoms with Crippen molar-refractivity contribution in [3.8, 4) is 5.75 Å². The lowest BCUT2D eigenvalue weighted by Gasteiger charge is -2.18. The van der Waals surface area contributed by atoms with Crippen molar-refractivity contribution < 1.29 is 27.5 Å². The summed E-state index contributed by atoms with van der Waals surface area (Å²) in [5, 5.41) is 0. The molecule has 1 aromatic heterocycles. The van der Waals surface area contributed by atoms with Gasteiger partial charge in [0.2, 0.25) is 10.0 Å². The molecule has 11 heteroatoms. The molecule has 1 saturated heterocycles. The van der Waals surface area contributed by atoms with Crippen LogP contribution in [0.2, 0.25) is 4.34 Å². The molecule has 31 heavy (non-hydrogen) atoms. The lowest BCUT2D eigenvalue weighted by atomic mass is 10.2. The van der Waals surface area contributed by atoms with E-state index in [0.29, 0.717) is 24.0 Å². The standard InChI is InChI=1S/C20H23ClN2O6S2/c1-22(12-15-6-8-18(21)30-15)19(24)13-29-20(25)14-5-7-16(28-2)17(11-14)31(26,27)23-9-3-4-10-23/h5-8,11H,3-4,9-10,12-13H2,1-2H3. The minimum atomic E-state index is -3.80. The fourth-order valence-corrected chi connectivity index (χ4v) is 5.99. The summed E-state index contributed by atoms with van der Waals surface area (Å²) < 4.78 is 38.2. The van der Waals surface area contributed by atoms with Crippen LogP contribution in [0.15, 0.2) is 35.2 Å². The maximum atomic E-state index is 12.9. The first-order valence-electron chi connectivity index (χ1n) is 9.56. The highest BCUT2D eigenvalue weighted by atomic mass is 35.5. The van der Waals surface area contributed by atoms with E-state index in [1.165, 1.54) is 45.9 Å². The average Bonchev–Trinajstić information content (AvgIpc) is 3.43. The molecule has 0 spiro atoms. The molecule has 168 valence electrons. The van der Waals surface area contributed by atoms with E-state index in [4.69, 9.17) is 21.1 Å². The van der Waals surface area contributed by atoms with Crippen molar-refractivity contribution in [2.45, 2.75) is 24.3 Å².